The van der Waals surface area contributed by atoms with E-state index in [4.69, 9.17) is 10.2 Å². The summed E-state index contributed by atoms with van der Waals surface area (Å²) in [5.74, 6) is 0. The molecule has 2 aliphatic rings. The monoisotopic (exact) mass is 240 g/mol. The van der Waals surface area contributed by atoms with E-state index in [0.29, 0.717) is 6.42 Å². The highest BCUT2D eigenvalue weighted by Gasteiger charge is 2.49. The number of rotatable bonds is 2. The van der Waals surface area contributed by atoms with Gasteiger partial charge in [-0.25, -0.2) is 9.59 Å². The Morgan fingerprint density at radius 2 is 2.00 bits per heavy atom. The first kappa shape index (κ1) is 11.8. The van der Waals surface area contributed by atoms with Gasteiger partial charge >= 0.3 is 12.2 Å². The highest BCUT2D eigenvalue weighted by atomic mass is 16.4. The van der Waals surface area contributed by atoms with Crippen molar-refractivity contribution in [3.8, 4) is 0 Å². The summed E-state index contributed by atoms with van der Waals surface area (Å²) in [5, 5.41) is 18.3. The predicted molar refractivity (Wildman–Crippen MR) is 60.0 cm³/mol. The second-order valence-corrected chi connectivity index (χ2v) is 4.52. The highest BCUT2D eigenvalue weighted by Crippen LogP contribution is 2.35. The lowest BCUT2D eigenvalue weighted by molar-refractivity contribution is 0.0257. The van der Waals surface area contributed by atoms with E-state index in [-0.39, 0.29) is 24.7 Å². The molecule has 2 bridgehead atoms. The second kappa shape index (κ2) is 4.27. The molecule has 2 amide bonds. The van der Waals surface area contributed by atoms with Gasteiger partial charge in [0.2, 0.25) is 0 Å². The van der Waals surface area contributed by atoms with Crippen molar-refractivity contribution in [1.82, 2.24) is 9.80 Å². The van der Waals surface area contributed by atoms with Gasteiger partial charge in [-0.05, 0) is 19.3 Å². The predicted octanol–water partition coefficient (Wildman–Crippen LogP) is 1.44. The van der Waals surface area contributed by atoms with E-state index in [0.717, 1.165) is 12.8 Å². The van der Waals surface area contributed by atoms with Crippen LogP contribution in [0.25, 0.3) is 0 Å². The maximum absolute atomic E-state index is 11.2. The number of hydrogen-bond donors (Lipinski definition) is 2. The molecule has 0 aromatic carbocycles. The van der Waals surface area contributed by atoms with E-state index in [1.54, 1.807) is 6.08 Å². The van der Waals surface area contributed by atoms with Crippen LogP contribution in [0.3, 0.4) is 0 Å². The van der Waals surface area contributed by atoms with Gasteiger partial charge in [-0.15, -0.1) is 6.58 Å². The lowest BCUT2D eigenvalue weighted by atomic mass is 10.0. The maximum Gasteiger partial charge on any atom is 0.407 e. The van der Waals surface area contributed by atoms with E-state index in [1.807, 2.05) is 0 Å². The zero-order valence-electron chi connectivity index (χ0n) is 9.45. The van der Waals surface area contributed by atoms with Gasteiger partial charge in [0.1, 0.15) is 0 Å². The number of hydrogen-bond acceptors (Lipinski definition) is 2. The summed E-state index contributed by atoms with van der Waals surface area (Å²) < 4.78 is 0. The van der Waals surface area contributed by atoms with Crippen molar-refractivity contribution in [3.63, 3.8) is 0 Å². The van der Waals surface area contributed by atoms with Crippen LogP contribution >= 0.6 is 0 Å². The lowest BCUT2D eigenvalue weighted by Gasteiger charge is -2.44. The molecule has 2 fully saturated rings. The van der Waals surface area contributed by atoms with Crippen LogP contribution in [0.1, 0.15) is 19.3 Å². The van der Waals surface area contributed by atoms with Gasteiger partial charge in [0.05, 0.1) is 18.1 Å². The molecule has 6 nitrogen and oxygen atoms in total. The summed E-state index contributed by atoms with van der Waals surface area (Å²) in [7, 11) is 0. The molecule has 0 saturated carbocycles. The Bertz CT molecular complexity index is 357. The second-order valence-electron chi connectivity index (χ2n) is 4.52. The van der Waals surface area contributed by atoms with Crippen LogP contribution in [0.2, 0.25) is 0 Å². The van der Waals surface area contributed by atoms with Crippen LogP contribution < -0.4 is 0 Å². The van der Waals surface area contributed by atoms with Crippen LogP contribution in [-0.2, 0) is 0 Å². The molecule has 6 heteroatoms. The Labute approximate surface area is 99.1 Å². The van der Waals surface area contributed by atoms with Gasteiger partial charge in [-0.2, -0.15) is 0 Å². The van der Waals surface area contributed by atoms with Crippen molar-refractivity contribution in [2.75, 3.05) is 6.54 Å². The molecule has 3 atom stereocenters. The molecule has 0 spiro atoms. The number of piperazine rings is 1. The van der Waals surface area contributed by atoms with Crippen molar-refractivity contribution >= 4 is 12.2 Å². The number of carboxylic acid groups (broad SMARTS) is 2. The number of likely N-dealkylation sites (tertiary alicyclic amines) is 1. The minimum Gasteiger partial charge on any atom is -0.465 e. The normalized spacial score (nSPS) is 31.4. The third kappa shape index (κ3) is 1.83. The standard InChI is InChI=1S/C11H16N2O4/c1-2-3-8-9-5-4-7(13(9)11(16)17)6-12(8)10(14)15/h2,7-9H,1,3-6H2,(H,14,15)(H,16,17)/t7-,8-,9+/m1/s1. The Hall–Kier alpha value is -1.72. The van der Waals surface area contributed by atoms with E-state index in [9.17, 15) is 9.59 Å². The highest BCUT2D eigenvalue weighted by molar-refractivity contribution is 5.70. The molecule has 0 aliphatic carbocycles. The first-order valence-electron chi connectivity index (χ1n) is 5.68. The summed E-state index contributed by atoms with van der Waals surface area (Å²) in [4.78, 5) is 25.1. The van der Waals surface area contributed by atoms with Crippen LogP contribution in [-0.4, -0.2) is 56.9 Å². The quantitative estimate of drug-likeness (QED) is 0.715. The third-order valence-corrected chi connectivity index (χ3v) is 3.67. The summed E-state index contributed by atoms with van der Waals surface area (Å²) in [5.41, 5.74) is 0. The number of carbonyl (C=O) groups is 2. The third-order valence-electron chi connectivity index (χ3n) is 3.67. The fraction of sp³-hybridized carbons (Fsp3) is 0.636. The van der Waals surface area contributed by atoms with Crippen LogP contribution in [0.15, 0.2) is 12.7 Å². The molecule has 2 N–H and O–H groups in total. The maximum atomic E-state index is 11.2. The first-order chi connectivity index (χ1) is 8.06. The molecule has 2 saturated heterocycles. The SMILES string of the molecule is C=CC[C@@H]1[C@@H]2CC[C@H](CN1C(=O)O)N2C(=O)O. The molecule has 17 heavy (non-hydrogen) atoms. The molecular weight excluding hydrogens is 224 g/mol. The van der Waals surface area contributed by atoms with Gasteiger partial charge in [0, 0.05) is 6.54 Å². The fourth-order valence-corrected chi connectivity index (χ4v) is 3.01. The summed E-state index contributed by atoms with van der Waals surface area (Å²) >= 11 is 0. The van der Waals surface area contributed by atoms with E-state index >= 15 is 0 Å². The van der Waals surface area contributed by atoms with E-state index < -0.39 is 12.2 Å². The smallest absolute Gasteiger partial charge is 0.407 e. The summed E-state index contributed by atoms with van der Waals surface area (Å²) in [6.45, 7) is 3.89. The topological polar surface area (TPSA) is 81.1 Å². The lowest BCUT2D eigenvalue weighted by Crippen LogP contribution is -2.61. The Morgan fingerprint density at radius 1 is 1.29 bits per heavy atom. The minimum atomic E-state index is -0.973. The largest absolute Gasteiger partial charge is 0.465 e. The van der Waals surface area contributed by atoms with Crippen LogP contribution in [0, 0.1) is 0 Å². The average Bonchev–Trinajstić information content (AvgIpc) is 2.58. The fourth-order valence-electron chi connectivity index (χ4n) is 3.01. The van der Waals surface area contributed by atoms with Crippen LogP contribution in [0.4, 0.5) is 9.59 Å². The Balaban J connectivity index is 2.26. The number of amides is 2. The van der Waals surface area contributed by atoms with Gasteiger partial charge in [0.15, 0.2) is 0 Å². The minimum absolute atomic E-state index is 0.185. The molecule has 0 aromatic rings. The van der Waals surface area contributed by atoms with Gasteiger partial charge in [0.25, 0.3) is 0 Å². The van der Waals surface area contributed by atoms with Crippen LogP contribution in [0.5, 0.6) is 0 Å². The molecule has 94 valence electrons. The number of nitrogens with zero attached hydrogens (tertiary/aromatic N) is 2. The van der Waals surface area contributed by atoms with E-state index in [1.165, 1.54) is 9.80 Å². The zero-order valence-corrected chi connectivity index (χ0v) is 9.45. The van der Waals surface area contributed by atoms with Crippen molar-refractivity contribution < 1.29 is 19.8 Å². The molecule has 2 rings (SSSR count). The molecule has 2 heterocycles. The first-order valence-corrected chi connectivity index (χ1v) is 5.68. The van der Waals surface area contributed by atoms with Gasteiger partial charge < -0.3 is 15.1 Å². The average molecular weight is 240 g/mol. The van der Waals surface area contributed by atoms with Gasteiger partial charge in [-0.3, -0.25) is 4.90 Å². The van der Waals surface area contributed by atoms with E-state index in [2.05, 4.69) is 6.58 Å². The van der Waals surface area contributed by atoms with Crippen molar-refractivity contribution in [2.45, 2.75) is 37.4 Å². The van der Waals surface area contributed by atoms with Gasteiger partial charge in [-0.1, -0.05) is 6.08 Å². The Morgan fingerprint density at radius 3 is 2.53 bits per heavy atom. The van der Waals surface area contributed by atoms with Crippen molar-refractivity contribution in [2.24, 2.45) is 0 Å². The van der Waals surface area contributed by atoms with Crippen molar-refractivity contribution in [1.29, 1.82) is 0 Å². The van der Waals surface area contributed by atoms with Crippen molar-refractivity contribution in [3.05, 3.63) is 12.7 Å². The Kier molecular flexibility index (Phi) is 2.95. The zero-order chi connectivity index (χ0) is 12.6. The molecule has 2 aliphatic heterocycles. The summed E-state index contributed by atoms with van der Waals surface area (Å²) in [6, 6.07) is -0.699. The molecule has 0 aromatic heterocycles. The molecule has 0 radical (unpaired) electrons. The molecule has 0 unspecified atom stereocenters. The summed E-state index contributed by atoms with van der Waals surface area (Å²) in [6.07, 6.45) is 1.70. The molecular formula is C11H16N2O4. The number of fused-ring (bicyclic) bond motifs is 2.